The van der Waals surface area contributed by atoms with Crippen LogP contribution in [0.4, 0.5) is 11.5 Å². The number of rotatable bonds is 4. The SMILES string of the molecule is COc1ccc([N+](=O)[O-])cc1C(=O)Nc1ccn[nH]1. The van der Waals surface area contributed by atoms with E-state index in [-0.39, 0.29) is 17.0 Å². The van der Waals surface area contributed by atoms with Crippen molar-refractivity contribution in [2.45, 2.75) is 0 Å². The lowest BCUT2D eigenvalue weighted by atomic mass is 10.1. The van der Waals surface area contributed by atoms with E-state index in [1.165, 1.54) is 25.4 Å². The van der Waals surface area contributed by atoms with Gasteiger partial charge in [0.05, 0.1) is 23.8 Å². The monoisotopic (exact) mass is 262 g/mol. The second kappa shape index (κ2) is 5.17. The highest BCUT2D eigenvalue weighted by molar-refractivity contribution is 6.06. The van der Waals surface area contributed by atoms with Crippen LogP contribution in [-0.2, 0) is 0 Å². The number of nitro benzene ring substituents is 1. The standard InChI is InChI=1S/C11H10N4O4/c1-19-9-3-2-7(15(17)18)6-8(9)11(16)13-10-4-5-12-14-10/h2-6H,1H3,(H2,12,13,14,16). The molecule has 8 heteroatoms. The molecule has 0 saturated carbocycles. The van der Waals surface area contributed by atoms with Crippen LogP contribution < -0.4 is 10.1 Å². The summed E-state index contributed by atoms with van der Waals surface area (Å²) in [5.41, 5.74) is -0.109. The quantitative estimate of drug-likeness (QED) is 0.642. The first-order valence-electron chi connectivity index (χ1n) is 5.25. The van der Waals surface area contributed by atoms with Gasteiger partial charge in [-0.05, 0) is 6.07 Å². The molecule has 0 fully saturated rings. The van der Waals surface area contributed by atoms with Gasteiger partial charge in [-0.25, -0.2) is 0 Å². The van der Waals surface area contributed by atoms with Crippen molar-refractivity contribution in [3.63, 3.8) is 0 Å². The smallest absolute Gasteiger partial charge is 0.270 e. The molecule has 0 bridgehead atoms. The molecule has 19 heavy (non-hydrogen) atoms. The van der Waals surface area contributed by atoms with Crippen LogP contribution in [0.25, 0.3) is 0 Å². The number of benzene rings is 1. The van der Waals surface area contributed by atoms with Crippen molar-refractivity contribution >= 4 is 17.4 Å². The maximum atomic E-state index is 12.0. The van der Waals surface area contributed by atoms with E-state index < -0.39 is 10.8 Å². The van der Waals surface area contributed by atoms with E-state index in [2.05, 4.69) is 15.5 Å². The molecular weight excluding hydrogens is 252 g/mol. The minimum atomic E-state index is -0.577. The van der Waals surface area contributed by atoms with Gasteiger partial charge in [-0.1, -0.05) is 0 Å². The fourth-order valence-corrected chi connectivity index (χ4v) is 1.50. The van der Waals surface area contributed by atoms with Crippen LogP contribution in [0.1, 0.15) is 10.4 Å². The fourth-order valence-electron chi connectivity index (χ4n) is 1.50. The average Bonchev–Trinajstić information content (AvgIpc) is 2.90. The third-order valence-corrected chi connectivity index (χ3v) is 2.39. The van der Waals surface area contributed by atoms with E-state index in [9.17, 15) is 14.9 Å². The molecule has 1 amide bonds. The molecule has 1 aromatic heterocycles. The molecule has 0 spiro atoms. The number of nitro groups is 1. The van der Waals surface area contributed by atoms with E-state index in [0.717, 1.165) is 6.07 Å². The number of hydrogen-bond donors (Lipinski definition) is 2. The number of hydrogen-bond acceptors (Lipinski definition) is 5. The van der Waals surface area contributed by atoms with Gasteiger partial charge in [0.25, 0.3) is 11.6 Å². The van der Waals surface area contributed by atoms with Gasteiger partial charge in [0.1, 0.15) is 11.6 Å². The molecule has 0 unspecified atom stereocenters. The van der Waals surface area contributed by atoms with Crippen LogP contribution in [0, 0.1) is 10.1 Å². The Morgan fingerprint density at radius 3 is 2.84 bits per heavy atom. The third-order valence-electron chi connectivity index (χ3n) is 2.39. The highest BCUT2D eigenvalue weighted by Crippen LogP contribution is 2.24. The van der Waals surface area contributed by atoms with Crippen molar-refractivity contribution in [2.75, 3.05) is 12.4 Å². The first kappa shape index (κ1) is 12.6. The molecule has 0 aliphatic carbocycles. The van der Waals surface area contributed by atoms with Gasteiger partial charge in [0, 0.05) is 18.2 Å². The molecule has 0 radical (unpaired) electrons. The maximum Gasteiger partial charge on any atom is 0.270 e. The van der Waals surface area contributed by atoms with Gasteiger partial charge < -0.3 is 10.1 Å². The first-order valence-corrected chi connectivity index (χ1v) is 5.25. The van der Waals surface area contributed by atoms with Crippen molar-refractivity contribution in [1.82, 2.24) is 10.2 Å². The number of nitrogens with zero attached hydrogens (tertiary/aromatic N) is 2. The number of ether oxygens (including phenoxy) is 1. The number of anilines is 1. The molecule has 2 aromatic rings. The number of methoxy groups -OCH3 is 1. The molecule has 2 N–H and O–H groups in total. The predicted molar refractivity (Wildman–Crippen MR) is 66.2 cm³/mol. The molecule has 0 aliphatic heterocycles. The Morgan fingerprint density at radius 2 is 2.26 bits per heavy atom. The molecule has 2 rings (SSSR count). The predicted octanol–water partition coefficient (Wildman–Crippen LogP) is 1.58. The summed E-state index contributed by atoms with van der Waals surface area (Å²) < 4.78 is 5.01. The summed E-state index contributed by atoms with van der Waals surface area (Å²) in [6.45, 7) is 0. The Labute approximate surface area is 107 Å². The van der Waals surface area contributed by atoms with E-state index >= 15 is 0 Å². The summed E-state index contributed by atoms with van der Waals surface area (Å²) in [4.78, 5) is 22.1. The van der Waals surface area contributed by atoms with Gasteiger partial charge in [-0.2, -0.15) is 5.10 Å². The summed E-state index contributed by atoms with van der Waals surface area (Å²) in [6, 6.07) is 5.36. The minimum absolute atomic E-state index is 0.0753. The third kappa shape index (κ3) is 2.68. The van der Waals surface area contributed by atoms with Crippen molar-refractivity contribution < 1.29 is 14.5 Å². The van der Waals surface area contributed by atoms with Crippen LogP contribution in [0.3, 0.4) is 0 Å². The van der Waals surface area contributed by atoms with Crippen molar-refractivity contribution in [3.8, 4) is 5.75 Å². The normalized spacial score (nSPS) is 9.95. The molecule has 98 valence electrons. The zero-order chi connectivity index (χ0) is 13.8. The maximum absolute atomic E-state index is 12.0. The van der Waals surface area contributed by atoms with Gasteiger partial charge in [0.2, 0.25) is 0 Å². The van der Waals surface area contributed by atoms with Gasteiger partial charge in [-0.3, -0.25) is 20.0 Å². The Bertz CT molecular complexity index is 609. The number of non-ortho nitro benzene ring substituents is 1. The van der Waals surface area contributed by atoms with E-state index in [1.807, 2.05) is 0 Å². The molecular formula is C11H10N4O4. The van der Waals surface area contributed by atoms with Crippen molar-refractivity contribution in [1.29, 1.82) is 0 Å². The Morgan fingerprint density at radius 1 is 1.47 bits per heavy atom. The summed E-state index contributed by atoms with van der Waals surface area (Å²) in [7, 11) is 1.38. The zero-order valence-electron chi connectivity index (χ0n) is 9.91. The number of nitrogens with one attached hydrogen (secondary N) is 2. The summed E-state index contributed by atoms with van der Waals surface area (Å²) >= 11 is 0. The van der Waals surface area contributed by atoms with E-state index in [0.29, 0.717) is 5.82 Å². The van der Waals surface area contributed by atoms with Crippen molar-refractivity contribution in [3.05, 3.63) is 46.1 Å². The number of aromatic nitrogens is 2. The molecule has 0 aliphatic rings. The zero-order valence-corrected chi connectivity index (χ0v) is 9.91. The molecule has 1 heterocycles. The second-order valence-corrected chi connectivity index (χ2v) is 3.57. The average molecular weight is 262 g/mol. The number of H-pyrrole nitrogens is 1. The highest BCUT2D eigenvalue weighted by Gasteiger charge is 2.17. The lowest BCUT2D eigenvalue weighted by Gasteiger charge is -2.07. The van der Waals surface area contributed by atoms with E-state index in [4.69, 9.17) is 4.74 Å². The molecule has 0 saturated heterocycles. The van der Waals surface area contributed by atoms with E-state index in [1.54, 1.807) is 6.07 Å². The number of amides is 1. The Kier molecular flexibility index (Phi) is 3.42. The van der Waals surface area contributed by atoms with Gasteiger partial charge in [0.15, 0.2) is 0 Å². The van der Waals surface area contributed by atoms with Crippen LogP contribution >= 0.6 is 0 Å². The summed E-state index contributed by atoms with van der Waals surface area (Å²) in [5, 5.41) is 19.5. The van der Waals surface area contributed by atoms with Crippen LogP contribution in [0.15, 0.2) is 30.5 Å². The second-order valence-electron chi connectivity index (χ2n) is 3.57. The van der Waals surface area contributed by atoms with Crippen molar-refractivity contribution in [2.24, 2.45) is 0 Å². The highest BCUT2D eigenvalue weighted by atomic mass is 16.6. The molecule has 0 atom stereocenters. The number of carbonyl (C=O) groups excluding carboxylic acids is 1. The minimum Gasteiger partial charge on any atom is -0.496 e. The Balaban J connectivity index is 2.33. The van der Waals surface area contributed by atoms with Gasteiger partial charge >= 0.3 is 0 Å². The van der Waals surface area contributed by atoms with Crippen LogP contribution in [-0.4, -0.2) is 28.1 Å². The number of aromatic amines is 1. The number of carbonyl (C=O) groups is 1. The van der Waals surface area contributed by atoms with Crippen LogP contribution in [0.5, 0.6) is 5.75 Å². The fraction of sp³-hybridized carbons (Fsp3) is 0.0909. The largest absolute Gasteiger partial charge is 0.496 e. The lowest BCUT2D eigenvalue weighted by Crippen LogP contribution is -2.13. The summed E-state index contributed by atoms with van der Waals surface area (Å²) in [6.07, 6.45) is 1.47. The lowest BCUT2D eigenvalue weighted by molar-refractivity contribution is -0.384. The molecule has 8 nitrogen and oxygen atoms in total. The topological polar surface area (TPSA) is 110 Å². The molecule has 1 aromatic carbocycles. The summed E-state index contributed by atoms with van der Waals surface area (Å²) in [5.74, 6) is 0.117. The van der Waals surface area contributed by atoms with Crippen LogP contribution in [0.2, 0.25) is 0 Å². The first-order chi connectivity index (χ1) is 9.11. The van der Waals surface area contributed by atoms with Gasteiger partial charge in [-0.15, -0.1) is 0 Å². The Hall–Kier alpha value is -2.90.